The topological polar surface area (TPSA) is 83.1 Å². The van der Waals surface area contributed by atoms with Crippen LogP contribution in [0.5, 0.6) is 0 Å². The van der Waals surface area contributed by atoms with E-state index in [1.807, 2.05) is 32.0 Å². The van der Waals surface area contributed by atoms with Crippen molar-refractivity contribution in [3.63, 3.8) is 0 Å². The molecule has 1 aromatic heterocycles. The van der Waals surface area contributed by atoms with Crippen molar-refractivity contribution in [2.24, 2.45) is 0 Å². The van der Waals surface area contributed by atoms with Gasteiger partial charge in [-0.15, -0.1) is 0 Å². The van der Waals surface area contributed by atoms with Gasteiger partial charge in [-0.25, -0.2) is 13.8 Å². The van der Waals surface area contributed by atoms with Crippen LogP contribution in [0.3, 0.4) is 0 Å². The lowest BCUT2D eigenvalue weighted by Gasteiger charge is -2.09. The van der Waals surface area contributed by atoms with Crippen LogP contribution < -0.4 is 16.0 Å². The summed E-state index contributed by atoms with van der Waals surface area (Å²) in [5.74, 6) is -0.656. The number of hydrogen-bond acceptors (Lipinski definition) is 5. The van der Waals surface area contributed by atoms with Crippen LogP contribution >= 0.6 is 11.3 Å². The normalized spacial score (nSPS) is 11.3. The standard InChI is InChI=1S/C17H15N3O2S.C8H11F2N/c1-10-3-5-13(11(2)7-10)19-16(22)12-4-6-14-15(8-12)23-17(20-14)18-9-21;1-3-7(10)6-8(11-2)4-5-9/h3-9H,1-2H3,(H,19,22)(H,18,20,21);3-4,6,11H,1,5H2,2H3/b;7-6+,8-4+. The first kappa shape index (κ1) is 26.4. The molecular formula is C25H26F2N4O2S. The van der Waals surface area contributed by atoms with Crippen LogP contribution in [0.1, 0.15) is 21.5 Å². The van der Waals surface area contributed by atoms with E-state index in [4.69, 9.17) is 0 Å². The number of allylic oxidation sites excluding steroid dienone is 4. The second-order valence-electron chi connectivity index (χ2n) is 7.03. The van der Waals surface area contributed by atoms with Crippen molar-refractivity contribution in [2.75, 3.05) is 24.4 Å². The van der Waals surface area contributed by atoms with Crippen molar-refractivity contribution in [3.8, 4) is 0 Å². The summed E-state index contributed by atoms with van der Waals surface area (Å²) in [5, 5.41) is 8.59. The summed E-state index contributed by atoms with van der Waals surface area (Å²) >= 11 is 1.33. The number of carbonyl (C=O) groups excluding carboxylic acids is 2. The summed E-state index contributed by atoms with van der Waals surface area (Å²) in [5.41, 5.74) is 4.69. The summed E-state index contributed by atoms with van der Waals surface area (Å²) in [4.78, 5) is 27.2. The third-order valence-corrected chi connectivity index (χ3v) is 5.49. The highest BCUT2D eigenvalue weighted by molar-refractivity contribution is 7.22. The summed E-state index contributed by atoms with van der Waals surface area (Å²) in [6.07, 6.45) is 4.06. The molecule has 0 aliphatic rings. The molecule has 0 atom stereocenters. The van der Waals surface area contributed by atoms with E-state index in [0.717, 1.165) is 33.1 Å². The number of thiazole rings is 1. The molecular weight excluding hydrogens is 458 g/mol. The van der Waals surface area contributed by atoms with Crippen molar-refractivity contribution in [2.45, 2.75) is 13.8 Å². The van der Waals surface area contributed by atoms with Gasteiger partial charge in [-0.3, -0.25) is 9.59 Å². The Bertz CT molecular complexity index is 1230. The molecule has 0 aliphatic carbocycles. The maximum absolute atomic E-state index is 12.4. The molecule has 0 fully saturated rings. The highest BCUT2D eigenvalue weighted by Crippen LogP contribution is 2.27. The number of anilines is 2. The molecule has 6 nitrogen and oxygen atoms in total. The number of nitrogens with one attached hydrogen (secondary N) is 3. The van der Waals surface area contributed by atoms with E-state index < -0.39 is 12.5 Å². The van der Waals surface area contributed by atoms with Crippen LogP contribution in [0.15, 0.2) is 72.7 Å². The lowest BCUT2D eigenvalue weighted by Crippen LogP contribution is -2.12. The van der Waals surface area contributed by atoms with Crippen molar-refractivity contribution in [1.82, 2.24) is 10.3 Å². The average Bonchev–Trinajstić information content (AvgIpc) is 3.22. The first-order valence-corrected chi connectivity index (χ1v) is 11.1. The molecule has 0 unspecified atom stereocenters. The number of rotatable bonds is 8. The van der Waals surface area contributed by atoms with Crippen molar-refractivity contribution >= 4 is 44.7 Å². The Labute approximate surface area is 201 Å². The lowest BCUT2D eigenvalue weighted by atomic mass is 10.1. The second-order valence-corrected chi connectivity index (χ2v) is 8.06. The minimum Gasteiger partial charge on any atom is -0.388 e. The molecule has 2 aromatic carbocycles. The van der Waals surface area contributed by atoms with Gasteiger partial charge < -0.3 is 16.0 Å². The van der Waals surface area contributed by atoms with Crippen molar-refractivity contribution in [1.29, 1.82) is 0 Å². The number of hydrogen-bond donors (Lipinski definition) is 3. The van der Waals surface area contributed by atoms with Crippen LogP contribution in [0.4, 0.5) is 19.6 Å². The second kappa shape index (κ2) is 13.0. The summed E-state index contributed by atoms with van der Waals surface area (Å²) in [7, 11) is 1.59. The van der Waals surface area contributed by atoms with E-state index in [0.29, 0.717) is 22.8 Å². The minimum absolute atomic E-state index is 0.169. The number of likely N-dealkylation sites (N-methyl/N-ethyl adjacent to an activating group) is 1. The van der Waals surface area contributed by atoms with Gasteiger partial charge in [0.1, 0.15) is 12.5 Å². The zero-order valence-corrected chi connectivity index (χ0v) is 19.9. The number of fused-ring (bicyclic) bond motifs is 1. The number of nitrogens with zero attached hydrogens (tertiary/aromatic N) is 1. The highest BCUT2D eigenvalue weighted by atomic mass is 32.1. The number of benzene rings is 2. The van der Waals surface area contributed by atoms with E-state index >= 15 is 0 Å². The number of aromatic nitrogens is 1. The van der Waals surface area contributed by atoms with Gasteiger partial charge in [0.2, 0.25) is 6.41 Å². The van der Waals surface area contributed by atoms with Crippen LogP contribution in [0.25, 0.3) is 10.2 Å². The molecule has 3 rings (SSSR count). The molecule has 0 saturated heterocycles. The van der Waals surface area contributed by atoms with Crippen molar-refractivity contribution < 1.29 is 18.4 Å². The fourth-order valence-electron chi connectivity index (χ4n) is 2.85. The molecule has 0 spiro atoms. The number of aryl methyl sites for hydroxylation is 2. The van der Waals surface area contributed by atoms with Crippen LogP contribution in [0, 0.1) is 13.8 Å². The summed E-state index contributed by atoms with van der Waals surface area (Å²) < 4.78 is 25.0. The van der Waals surface area contributed by atoms with Gasteiger partial charge in [-0.05, 0) is 61.9 Å². The predicted octanol–water partition coefficient (Wildman–Crippen LogP) is 5.83. The lowest BCUT2D eigenvalue weighted by molar-refractivity contribution is -0.105. The monoisotopic (exact) mass is 484 g/mol. The van der Waals surface area contributed by atoms with Crippen molar-refractivity contribution in [3.05, 3.63) is 89.4 Å². The smallest absolute Gasteiger partial charge is 0.255 e. The summed E-state index contributed by atoms with van der Waals surface area (Å²) in [6.45, 7) is 6.58. The molecule has 2 amide bonds. The Morgan fingerprint density at radius 3 is 2.59 bits per heavy atom. The fraction of sp³-hybridized carbons (Fsp3) is 0.160. The SMILES string of the molecule is C=C/C(F)=C\C(=C/CF)NC.Cc1ccc(NC(=O)c2ccc3nc(NC=O)sc3c2)c(C)c1. The van der Waals surface area contributed by atoms with E-state index in [2.05, 4.69) is 27.5 Å². The quantitative estimate of drug-likeness (QED) is 0.277. The third-order valence-electron chi connectivity index (χ3n) is 4.54. The Hall–Kier alpha value is -3.85. The Morgan fingerprint density at radius 2 is 1.97 bits per heavy atom. The molecule has 0 saturated carbocycles. The molecule has 178 valence electrons. The Kier molecular flexibility index (Phi) is 10.1. The molecule has 1 heterocycles. The third kappa shape index (κ3) is 7.63. The number of alkyl halides is 1. The molecule has 0 bridgehead atoms. The van der Waals surface area contributed by atoms with Crippen LogP contribution in [-0.4, -0.2) is 31.0 Å². The molecule has 3 aromatic rings. The van der Waals surface area contributed by atoms with Crippen LogP contribution in [-0.2, 0) is 4.79 Å². The number of carbonyl (C=O) groups is 2. The minimum atomic E-state index is -0.614. The van der Waals surface area contributed by atoms with Gasteiger partial charge in [0.05, 0.1) is 10.2 Å². The van der Waals surface area contributed by atoms with Gasteiger partial charge in [-0.1, -0.05) is 35.6 Å². The van der Waals surface area contributed by atoms with Gasteiger partial charge in [0.15, 0.2) is 5.13 Å². The largest absolute Gasteiger partial charge is 0.388 e. The molecule has 0 radical (unpaired) electrons. The van der Waals surface area contributed by atoms with E-state index in [1.165, 1.54) is 23.5 Å². The maximum atomic E-state index is 12.4. The first-order valence-electron chi connectivity index (χ1n) is 10.2. The predicted molar refractivity (Wildman–Crippen MR) is 136 cm³/mol. The highest BCUT2D eigenvalue weighted by Gasteiger charge is 2.11. The van der Waals surface area contributed by atoms with E-state index in [1.54, 1.807) is 25.2 Å². The number of amides is 2. The van der Waals surface area contributed by atoms with Gasteiger partial charge in [0, 0.05) is 24.0 Å². The van der Waals surface area contributed by atoms with Crippen LogP contribution in [0.2, 0.25) is 0 Å². The maximum Gasteiger partial charge on any atom is 0.255 e. The van der Waals surface area contributed by atoms with Gasteiger partial charge in [-0.2, -0.15) is 0 Å². The van der Waals surface area contributed by atoms with Gasteiger partial charge in [0.25, 0.3) is 5.91 Å². The molecule has 0 aliphatic heterocycles. The summed E-state index contributed by atoms with van der Waals surface area (Å²) in [6, 6.07) is 11.2. The Morgan fingerprint density at radius 1 is 1.21 bits per heavy atom. The first-order chi connectivity index (χ1) is 16.3. The molecule has 34 heavy (non-hydrogen) atoms. The van der Waals surface area contributed by atoms with E-state index in [9.17, 15) is 18.4 Å². The Balaban J connectivity index is 0.000000316. The van der Waals surface area contributed by atoms with Gasteiger partial charge >= 0.3 is 0 Å². The zero-order valence-electron chi connectivity index (χ0n) is 19.1. The fourth-order valence-corrected chi connectivity index (χ4v) is 3.71. The molecule has 9 heteroatoms. The van der Waals surface area contributed by atoms with E-state index in [-0.39, 0.29) is 5.91 Å². The zero-order chi connectivity index (χ0) is 25.1. The molecule has 3 N–H and O–H groups in total. The number of halogens is 2. The average molecular weight is 485 g/mol.